The summed E-state index contributed by atoms with van der Waals surface area (Å²) < 4.78 is 0. The summed E-state index contributed by atoms with van der Waals surface area (Å²) in [5.41, 5.74) is 6.90. The lowest BCUT2D eigenvalue weighted by molar-refractivity contribution is -0.00215. The minimum Gasteiger partial charge on any atom is -0.395 e. The first-order chi connectivity index (χ1) is 8.94. The van der Waals surface area contributed by atoms with E-state index >= 15 is 0 Å². The number of H-pyrrole nitrogens is 1. The third-order valence-electron chi connectivity index (χ3n) is 3.71. The van der Waals surface area contributed by atoms with Gasteiger partial charge in [-0.3, -0.25) is 9.89 Å². The Morgan fingerprint density at radius 2 is 2.16 bits per heavy atom. The molecule has 0 unspecified atom stereocenters. The number of likely N-dealkylation sites (tertiary alicyclic amines) is 1. The average molecular weight is 266 g/mol. The van der Waals surface area contributed by atoms with E-state index in [9.17, 15) is 9.90 Å². The van der Waals surface area contributed by atoms with Crippen molar-refractivity contribution >= 4 is 11.6 Å². The zero-order valence-electron chi connectivity index (χ0n) is 11.6. The molecule has 0 aromatic carbocycles. The minimum absolute atomic E-state index is 0.147. The van der Waals surface area contributed by atoms with E-state index in [2.05, 4.69) is 17.1 Å². The lowest BCUT2D eigenvalue weighted by Gasteiger charge is -2.35. The normalized spacial score (nSPS) is 18.6. The van der Waals surface area contributed by atoms with Crippen LogP contribution in [0, 0.1) is 0 Å². The fraction of sp³-hybridized carbons (Fsp3) is 0.692. The van der Waals surface area contributed by atoms with Gasteiger partial charge in [0.2, 0.25) is 0 Å². The highest BCUT2D eigenvalue weighted by atomic mass is 16.3. The van der Waals surface area contributed by atoms with Crippen molar-refractivity contribution in [1.29, 1.82) is 0 Å². The van der Waals surface area contributed by atoms with Gasteiger partial charge >= 0.3 is 0 Å². The Morgan fingerprint density at radius 1 is 1.53 bits per heavy atom. The molecule has 1 aromatic rings. The maximum Gasteiger partial charge on any atom is 0.276 e. The van der Waals surface area contributed by atoms with Crippen LogP contribution in [0.15, 0.2) is 0 Å². The van der Waals surface area contributed by atoms with Gasteiger partial charge < -0.3 is 15.7 Å². The first-order valence-corrected chi connectivity index (χ1v) is 6.79. The van der Waals surface area contributed by atoms with E-state index in [-0.39, 0.29) is 5.91 Å². The highest BCUT2D eigenvalue weighted by Crippen LogP contribution is 2.24. The van der Waals surface area contributed by atoms with E-state index in [0.29, 0.717) is 37.3 Å². The van der Waals surface area contributed by atoms with Crippen LogP contribution < -0.4 is 5.73 Å². The maximum atomic E-state index is 12.3. The van der Waals surface area contributed by atoms with Gasteiger partial charge in [-0.1, -0.05) is 13.3 Å². The van der Waals surface area contributed by atoms with Crippen LogP contribution in [0.25, 0.3) is 0 Å². The van der Waals surface area contributed by atoms with Gasteiger partial charge in [0, 0.05) is 13.1 Å². The number of aromatic amines is 1. The lowest BCUT2D eigenvalue weighted by atomic mass is 9.93. The molecule has 2 heterocycles. The zero-order chi connectivity index (χ0) is 14.0. The minimum atomic E-state index is -0.665. The number of hydrogen-bond acceptors (Lipinski definition) is 4. The molecule has 0 bridgehead atoms. The molecule has 4 N–H and O–H groups in total. The Kier molecular flexibility index (Phi) is 3.80. The summed E-state index contributed by atoms with van der Waals surface area (Å²) in [4.78, 5) is 14.0. The Hall–Kier alpha value is -1.56. The monoisotopic (exact) mass is 266 g/mol. The molecule has 1 saturated heterocycles. The van der Waals surface area contributed by atoms with Crippen LogP contribution in [0.4, 0.5) is 5.69 Å². The average Bonchev–Trinajstić information content (AvgIpc) is 2.71. The number of aryl methyl sites for hydroxylation is 1. The molecule has 106 valence electrons. The van der Waals surface area contributed by atoms with Crippen LogP contribution in [-0.2, 0) is 6.42 Å². The smallest absolute Gasteiger partial charge is 0.276 e. The number of nitrogens with two attached hydrogens (primary N) is 1. The van der Waals surface area contributed by atoms with E-state index in [4.69, 9.17) is 5.73 Å². The Balaban J connectivity index is 2.08. The van der Waals surface area contributed by atoms with Crippen LogP contribution in [0.5, 0.6) is 0 Å². The number of hydrogen-bond donors (Lipinski definition) is 3. The second-order valence-electron chi connectivity index (χ2n) is 5.50. The quantitative estimate of drug-likeness (QED) is 0.758. The molecule has 1 aliphatic heterocycles. The summed E-state index contributed by atoms with van der Waals surface area (Å²) in [7, 11) is 0. The number of piperidine rings is 1. The van der Waals surface area contributed by atoms with Gasteiger partial charge in [-0.05, 0) is 26.2 Å². The topological polar surface area (TPSA) is 95.2 Å². The number of anilines is 1. The van der Waals surface area contributed by atoms with Gasteiger partial charge in [-0.2, -0.15) is 5.10 Å². The fourth-order valence-corrected chi connectivity index (χ4v) is 2.33. The third-order valence-corrected chi connectivity index (χ3v) is 3.71. The van der Waals surface area contributed by atoms with Crippen molar-refractivity contribution in [1.82, 2.24) is 15.1 Å². The van der Waals surface area contributed by atoms with E-state index < -0.39 is 5.60 Å². The predicted molar refractivity (Wildman–Crippen MR) is 72.8 cm³/mol. The summed E-state index contributed by atoms with van der Waals surface area (Å²) in [6, 6.07) is 0. The summed E-state index contributed by atoms with van der Waals surface area (Å²) in [6.45, 7) is 4.94. The highest BCUT2D eigenvalue weighted by molar-refractivity contribution is 5.97. The van der Waals surface area contributed by atoms with Crippen LogP contribution in [0.1, 0.15) is 49.3 Å². The molecule has 19 heavy (non-hydrogen) atoms. The molecule has 6 heteroatoms. The Labute approximate surface area is 113 Å². The molecular formula is C13H22N4O2. The summed E-state index contributed by atoms with van der Waals surface area (Å²) in [5, 5.41) is 16.8. The van der Waals surface area contributed by atoms with Crippen molar-refractivity contribution in [2.75, 3.05) is 18.8 Å². The predicted octanol–water partition coefficient (Wildman–Crippen LogP) is 0.931. The number of nitrogens with one attached hydrogen (secondary N) is 1. The van der Waals surface area contributed by atoms with Crippen molar-refractivity contribution in [2.45, 2.75) is 45.1 Å². The van der Waals surface area contributed by atoms with Gasteiger partial charge in [0.1, 0.15) is 0 Å². The van der Waals surface area contributed by atoms with Gasteiger partial charge in [0.15, 0.2) is 5.69 Å². The number of carbonyl (C=O) groups excluding carboxylic acids is 1. The number of nitrogens with zero attached hydrogens (tertiary/aromatic N) is 2. The van der Waals surface area contributed by atoms with E-state index in [1.54, 1.807) is 11.8 Å². The van der Waals surface area contributed by atoms with Gasteiger partial charge in [-0.25, -0.2) is 0 Å². The van der Waals surface area contributed by atoms with E-state index in [1.165, 1.54) is 0 Å². The molecule has 2 rings (SSSR count). The zero-order valence-corrected chi connectivity index (χ0v) is 11.6. The first-order valence-electron chi connectivity index (χ1n) is 6.79. The Bertz CT molecular complexity index is 457. The van der Waals surface area contributed by atoms with Gasteiger partial charge in [0.25, 0.3) is 5.91 Å². The SMILES string of the molecule is CCCc1[nH]nc(C(=O)N2CCC(C)(O)CC2)c1N. The largest absolute Gasteiger partial charge is 0.395 e. The van der Waals surface area contributed by atoms with Crippen LogP contribution in [-0.4, -0.2) is 44.8 Å². The maximum absolute atomic E-state index is 12.3. The second-order valence-corrected chi connectivity index (χ2v) is 5.50. The third kappa shape index (κ3) is 2.89. The standard InChI is InChI=1S/C13H22N4O2/c1-3-4-9-10(14)11(16-15-9)12(18)17-7-5-13(2,19)6-8-17/h19H,3-8,14H2,1-2H3,(H,15,16). The molecule has 1 amide bonds. The number of aromatic nitrogens is 2. The summed E-state index contributed by atoms with van der Waals surface area (Å²) >= 11 is 0. The molecular weight excluding hydrogens is 244 g/mol. The molecule has 0 spiro atoms. The summed E-state index contributed by atoms with van der Waals surface area (Å²) in [5.74, 6) is -0.147. The molecule has 1 fully saturated rings. The second kappa shape index (κ2) is 5.21. The number of amides is 1. The lowest BCUT2D eigenvalue weighted by Crippen LogP contribution is -2.45. The molecule has 1 aromatic heterocycles. The molecule has 1 aliphatic rings. The van der Waals surface area contributed by atoms with Gasteiger partial charge in [-0.15, -0.1) is 0 Å². The van der Waals surface area contributed by atoms with Crippen LogP contribution in [0.3, 0.4) is 0 Å². The molecule has 6 nitrogen and oxygen atoms in total. The molecule has 0 aliphatic carbocycles. The van der Waals surface area contributed by atoms with Crippen molar-refractivity contribution in [3.63, 3.8) is 0 Å². The number of rotatable bonds is 3. The first kappa shape index (κ1) is 13.9. The number of aliphatic hydroxyl groups is 1. The van der Waals surface area contributed by atoms with Crippen LogP contribution >= 0.6 is 0 Å². The van der Waals surface area contributed by atoms with E-state index in [1.807, 2.05) is 0 Å². The van der Waals surface area contributed by atoms with Crippen molar-refractivity contribution in [2.24, 2.45) is 0 Å². The number of carbonyl (C=O) groups is 1. The number of nitrogen functional groups attached to an aromatic ring is 1. The molecule has 0 atom stereocenters. The fourth-order valence-electron chi connectivity index (χ4n) is 2.33. The summed E-state index contributed by atoms with van der Waals surface area (Å²) in [6.07, 6.45) is 2.92. The van der Waals surface area contributed by atoms with E-state index in [0.717, 1.165) is 18.5 Å². The van der Waals surface area contributed by atoms with Crippen molar-refractivity contribution in [3.8, 4) is 0 Å². The van der Waals surface area contributed by atoms with Crippen molar-refractivity contribution in [3.05, 3.63) is 11.4 Å². The van der Waals surface area contributed by atoms with Crippen LogP contribution in [0.2, 0.25) is 0 Å². The highest BCUT2D eigenvalue weighted by Gasteiger charge is 2.31. The van der Waals surface area contributed by atoms with Crippen molar-refractivity contribution < 1.29 is 9.90 Å². The van der Waals surface area contributed by atoms with Gasteiger partial charge in [0.05, 0.1) is 17.0 Å². The molecule has 0 saturated carbocycles. The Morgan fingerprint density at radius 3 is 2.74 bits per heavy atom. The molecule has 0 radical (unpaired) electrons.